The molecule has 0 aliphatic carbocycles. The third-order valence-electron chi connectivity index (χ3n) is 3.78. The van der Waals surface area contributed by atoms with Gasteiger partial charge in [-0.15, -0.1) is 0 Å². The molecule has 0 unspecified atom stereocenters. The Balaban J connectivity index is 1.84. The van der Waals surface area contributed by atoms with Gasteiger partial charge in [0, 0.05) is 12.1 Å². The van der Waals surface area contributed by atoms with Gasteiger partial charge in [0.2, 0.25) is 0 Å². The number of hydrogen-bond donors (Lipinski definition) is 1. The normalized spacial score (nSPS) is 18.2. The Hall–Kier alpha value is -1.06. The van der Waals surface area contributed by atoms with Gasteiger partial charge in [0.15, 0.2) is 0 Å². The van der Waals surface area contributed by atoms with Crippen molar-refractivity contribution < 1.29 is 9.84 Å². The zero-order chi connectivity index (χ0) is 13.5. The van der Waals surface area contributed by atoms with Crippen molar-refractivity contribution in [3.63, 3.8) is 0 Å². The first kappa shape index (κ1) is 14.4. The van der Waals surface area contributed by atoms with Gasteiger partial charge in [-0.3, -0.25) is 4.90 Å². The largest absolute Gasteiger partial charge is 0.492 e. The lowest BCUT2D eigenvalue weighted by Gasteiger charge is -2.26. The SMILES string of the molecule is CC[C@@H](O)c1ccccc1OCCN1CCCCC1. The molecule has 1 aromatic carbocycles. The van der Waals surface area contributed by atoms with Crippen LogP contribution in [0.1, 0.15) is 44.3 Å². The van der Waals surface area contributed by atoms with Gasteiger partial charge >= 0.3 is 0 Å². The molecule has 3 heteroatoms. The zero-order valence-electron chi connectivity index (χ0n) is 11.8. The molecule has 1 atom stereocenters. The fourth-order valence-corrected chi connectivity index (χ4v) is 2.57. The van der Waals surface area contributed by atoms with Gasteiger partial charge in [-0.05, 0) is 38.4 Å². The topological polar surface area (TPSA) is 32.7 Å². The summed E-state index contributed by atoms with van der Waals surface area (Å²) in [5, 5.41) is 9.97. The summed E-state index contributed by atoms with van der Waals surface area (Å²) >= 11 is 0. The molecule has 1 N–H and O–H groups in total. The maximum atomic E-state index is 9.97. The van der Waals surface area contributed by atoms with Crippen LogP contribution >= 0.6 is 0 Å². The fraction of sp³-hybridized carbons (Fsp3) is 0.625. The van der Waals surface area contributed by atoms with E-state index in [1.54, 1.807) is 0 Å². The number of ether oxygens (including phenoxy) is 1. The molecule has 1 heterocycles. The molecule has 1 saturated heterocycles. The summed E-state index contributed by atoms with van der Waals surface area (Å²) in [4.78, 5) is 2.46. The van der Waals surface area contributed by atoms with E-state index in [9.17, 15) is 5.11 Å². The third kappa shape index (κ3) is 4.22. The van der Waals surface area contributed by atoms with Crippen LogP contribution in [0.25, 0.3) is 0 Å². The second-order valence-corrected chi connectivity index (χ2v) is 5.21. The Morgan fingerprint density at radius 1 is 1.21 bits per heavy atom. The lowest BCUT2D eigenvalue weighted by atomic mass is 10.1. The highest BCUT2D eigenvalue weighted by molar-refractivity contribution is 5.34. The third-order valence-corrected chi connectivity index (χ3v) is 3.78. The molecular weight excluding hydrogens is 238 g/mol. The van der Waals surface area contributed by atoms with E-state index in [1.165, 1.54) is 32.4 Å². The first-order valence-electron chi connectivity index (χ1n) is 7.43. The van der Waals surface area contributed by atoms with Crippen LogP contribution in [-0.4, -0.2) is 36.2 Å². The van der Waals surface area contributed by atoms with Gasteiger partial charge in [0.1, 0.15) is 12.4 Å². The number of aliphatic hydroxyl groups is 1. The molecule has 1 fully saturated rings. The van der Waals surface area contributed by atoms with Crippen molar-refractivity contribution in [2.24, 2.45) is 0 Å². The number of piperidine rings is 1. The second kappa shape index (κ2) is 7.51. The van der Waals surface area contributed by atoms with E-state index in [2.05, 4.69) is 4.90 Å². The van der Waals surface area contributed by atoms with Crippen LogP contribution in [0.5, 0.6) is 5.75 Å². The minimum absolute atomic E-state index is 0.425. The Bertz CT molecular complexity index is 375. The lowest BCUT2D eigenvalue weighted by Crippen LogP contribution is -2.33. The monoisotopic (exact) mass is 263 g/mol. The minimum atomic E-state index is -0.425. The predicted molar refractivity (Wildman–Crippen MR) is 77.5 cm³/mol. The van der Waals surface area contributed by atoms with Crippen LogP contribution in [0.3, 0.4) is 0 Å². The van der Waals surface area contributed by atoms with Gasteiger partial charge < -0.3 is 9.84 Å². The first-order chi connectivity index (χ1) is 9.31. The molecule has 0 saturated carbocycles. The summed E-state index contributed by atoms with van der Waals surface area (Å²) in [6.45, 7) is 6.06. The van der Waals surface area contributed by atoms with Crippen molar-refractivity contribution >= 4 is 0 Å². The average Bonchev–Trinajstić information content (AvgIpc) is 2.48. The van der Waals surface area contributed by atoms with Crippen molar-refractivity contribution in [2.75, 3.05) is 26.2 Å². The van der Waals surface area contributed by atoms with E-state index in [0.29, 0.717) is 13.0 Å². The predicted octanol–water partition coefficient (Wildman–Crippen LogP) is 2.99. The molecule has 106 valence electrons. The minimum Gasteiger partial charge on any atom is -0.492 e. The second-order valence-electron chi connectivity index (χ2n) is 5.21. The average molecular weight is 263 g/mol. The van der Waals surface area contributed by atoms with Crippen molar-refractivity contribution in [3.8, 4) is 5.75 Å². The fourth-order valence-electron chi connectivity index (χ4n) is 2.57. The van der Waals surface area contributed by atoms with Crippen LogP contribution in [0.4, 0.5) is 0 Å². The van der Waals surface area contributed by atoms with Gasteiger partial charge in [-0.25, -0.2) is 0 Å². The van der Waals surface area contributed by atoms with Gasteiger partial charge in [-0.1, -0.05) is 31.5 Å². The van der Waals surface area contributed by atoms with Crippen LogP contribution < -0.4 is 4.74 Å². The maximum Gasteiger partial charge on any atom is 0.125 e. The summed E-state index contributed by atoms with van der Waals surface area (Å²) in [5.74, 6) is 0.828. The van der Waals surface area contributed by atoms with E-state index in [0.717, 1.165) is 17.9 Å². The molecule has 0 aromatic heterocycles. The molecule has 0 amide bonds. The van der Waals surface area contributed by atoms with E-state index in [-0.39, 0.29) is 0 Å². The summed E-state index contributed by atoms with van der Waals surface area (Å²) < 4.78 is 5.86. The number of hydrogen-bond acceptors (Lipinski definition) is 3. The van der Waals surface area contributed by atoms with Crippen LogP contribution in [0.15, 0.2) is 24.3 Å². The molecule has 1 aliphatic heterocycles. The van der Waals surface area contributed by atoms with Gasteiger partial charge in [0.05, 0.1) is 6.10 Å². The first-order valence-corrected chi connectivity index (χ1v) is 7.43. The molecule has 3 nitrogen and oxygen atoms in total. The van der Waals surface area contributed by atoms with E-state index >= 15 is 0 Å². The Morgan fingerprint density at radius 2 is 1.95 bits per heavy atom. The van der Waals surface area contributed by atoms with Crippen molar-refractivity contribution in [2.45, 2.75) is 38.7 Å². The standard InChI is InChI=1S/C16H25NO2/c1-2-15(18)14-8-4-5-9-16(14)19-13-12-17-10-6-3-7-11-17/h4-5,8-9,15,18H,2-3,6-7,10-13H2,1H3/t15-/m1/s1. The Kier molecular flexibility index (Phi) is 5.67. The molecule has 2 rings (SSSR count). The number of nitrogens with zero attached hydrogens (tertiary/aromatic N) is 1. The molecule has 1 aliphatic rings. The smallest absolute Gasteiger partial charge is 0.125 e. The van der Waals surface area contributed by atoms with Gasteiger partial charge in [0.25, 0.3) is 0 Å². The van der Waals surface area contributed by atoms with Crippen molar-refractivity contribution in [3.05, 3.63) is 29.8 Å². The molecular formula is C16H25NO2. The van der Waals surface area contributed by atoms with E-state index in [4.69, 9.17) is 4.74 Å². The van der Waals surface area contributed by atoms with Crippen LogP contribution in [-0.2, 0) is 0 Å². The number of benzene rings is 1. The lowest BCUT2D eigenvalue weighted by molar-refractivity contribution is 0.158. The number of rotatable bonds is 6. The molecule has 0 radical (unpaired) electrons. The van der Waals surface area contributed by atoms with Gasteiger partial charge in [-0.2, -0.15) is 0 Å². The number of para-hydroxylation sites is 1. The summed E-state index contributed by atoms with van der Waals surface area (Å²) in [6.07, 6.45) is 4.28. The van der Waals surface area contributed by atoms with Crippen molar-refractivity contribution in [1.29, 1.82) is 0 Å². The number of aliphatic hydroxyl groups excluding tert-OH is 1. The van der Waals surface area contributed by atoms with Crippen molar-refractivity contribution in [1.82, 2.24) is 4.90 Å². The molecule has 0 spiro atoms. The quantitative estimate of drug-likeness (QED) is 0.856. The molecule has 0 bridgehead atoms. The Morgan fingerprint density at radius 3 is 2.68 bits per heavy atom. The summed E-state index contributed by atoms with van der Waals surface area (Å²) in [5.41, 5.74) is 0.906. The van der Waals surface area contributed by atoms with Crippen LogP contribution in [0, 0.1) is 0 Å². The molecule has 19 heavy (non-hydrogen) atoms. The molecule has 1 aromatic rings. The highest BCUT2D eigenvalue weighted by Gasteiger charge is 2.12. The highest BCUT2D eigenvalue weighted by Crippen LogP contribution is 2.26. The van der Waals surface area contributed by atoms with Crippen LogP contribution in [0.2, 0.25) is 0 Å². The summed E-state index contributed by atoms with van der Waals surface area (Å²) in [6, 6.07) is 7.81. The highest BCUT2D eigenvalue weighted by atomic mass is 16.5. The Labute approximate surface area is 116 Å². The van der Waals surface area contributed by atoms with E-state index in [1.807, 2.05) is 31.2 Å². The maximum absolute atomic E-state index is 9.97. The summed E-state index contributed by atoms with van der Waals surface area (Å²) in [7, 11) is 0. The zero-order valence-corrected chi connectivity index (χ0v) is 11.8. The van der Waals surface area contributed by atoms with E-state index < -0.39 is 6.10 Å². The number of likely N-dealkylation sites (tertiary alicyclic amines) is 1.